The molecule has 126 valence electrons. The molecule has 23 heavy (non-hydrogen) atoms. The van der Waals surface area contributed by atoms with Crippen LogP contribution in [-0.2, 0) is 4.79 Å². The summed E-state index contributed by atoms with van der Waals surface area (Å²) in [4.78, 5) is 10.5. The summed E-state index contributed by atoms with van der Waals surface area (Å²) in [6, 6.07) is 0. The fraction of sp³-hybridized carbons (Fsp3) is 0.450. The van der Waals surface area contributed by atoms with Crippen LogP contribution in [0.5, 0.6) is 0 Å². The second-order valence-corrected chi connectivity index (χ2v) is 6.76. The van der Waals surface area contributed by atoms with Gasteiger partial charge in [0.2, 0.25) is 0 Å². The van der Waals surface area contributed by atoms with E-state index >= 15 is 0 Å². The number of carbonyl (C=O) groups is 1. The van der Waals surface area contributed by atoms with Gasteiger partial charge in [0.25, 0.3) is 0 Å². The minimum atomic E-state index is -0.912. The van der Waals surface area contributed by atoms with Crippen molar-refractivity contribution in [1.29, 1.82) is 0 Å². The molecule has 2 nitrogen and oxygen atoms in total. The van der Waals surface area contributed by atoms with Gasteiger partial charge in [-0.2, -0.15) is 0 Å². The van der Waals surface area contributed by atoms with Gasteiger partial charge in [-0.05, 0) is 56.6 Å². The molecular formula is C20H30O2Pb. The van der Waals surface area contributed by atoms with Crippen LogP contribution < -0.4 is 0 Å². The molecule has 1 N–H and O–H groups in total. The van der Waals surface area contributed by atoms with Crippen molar-refractivity contribution in [3.63, 3.8) is 0 Å². The van der Waals surface area contributed by atoms with Crippen LogP contribution in [-0.4, -0.2) is 38.4 Å². The Hall–Kier alpha value is -0.908. The van der Waals surface area contributed by atoms with E-state index in [2.05, 4.69) is 39.8 Å². The average molecular weight is 510 g/mol. The minimum absolute atomic E-state index is 0. The van der Waals surface area contributed by atoms with E-state index in [1.54, 1.807) is 13.0 Å². The van der Waals surface area contributed by atoms with Crippen molar-refractivity contribution in [2.75, 3.05) is 0 Å². The maximum absolute atomic E-state index is 10.5. The summed E-state index contributed by atoms with van der Waals surface area (Å²) in [6.07, 6.45) is 15.0. The van der Waals surface area contributed by atoms with Gasteiger partial charge in [-0.1, -0.05) is 55.4 Å². The van der Waals surface area contributed by atoms with Crippen molar-refractivity contribution in [3.8, 4) is 0 Å². The van der Waals surface area contributed by atoms with Crippen molar-refractivity contribution in [2.45, 2.75) is 53.9 Å². The van der Waals surface area contributed by atoms with Crippen molar-refractivity contribution in [3.05, 3.63) is 58.7 Å². The predicted octanol–water partition coefficient (Wildman–Crippen LogP) is 4.69. The molecule has 0 atom stereocenters. The molecule has 0 bridgehead atoms. The standard InChI is InChI=1S/C20H28O2.Pb.2H/c1-15(8-6-9-16(2)14-19(21)22)11-12-18-17(3)10-7-13-20(18,4)5;;;/h6,8-9,11-12,14H,7,10,13H2,1-5H3,(H,21,22);;;/b9-6+,12-11+,15-8+,16-14-;;;. The number of aliphatic carboxylic acids is 1. The Kier molecular flexibility index (Phi) is 9.66. The summed E-state index contributed by atoms with van der Waals surface area (Å²) in [7, 11) is 0. The summed E-state index contributed by atoms with van der Waals surface area (Å²) in [5.41, 5.74) is 5.09. The van der Waals surface area contributed by atoms with E-state index in [0.717, 1.165) is 11.1 Å². The SMILES string of the molecule is CC1=C(/C=C/C(C)=C/C=C/C(C)=C\C(=O)O)C(C)(C)CCC1.[PbH2]. The molecule has 1 aliphatic rings. The number of rotatable bonds is 5. The Morgan fingerprint density at radius 1 is 1.17 bits per heavy atom. The summed E-state index contributed by atoms with van der Waals surface area (Å²) in [6.45, 7) is 10.7. The fourth-order valence-corrected chi connectivity index (χ4v) is 2.88. The van der Waals surface area contributed by atoms with E-state index in [1.807, 2.05) is 12.2 Å². The summed E-state index contributed by atoms with van der Waals surface area (Å²) >= 11 is 0. The fourth-order valence-electron chi connectivity index (χ4n) is 2.88. The zero-order valence-corrected chi connectivity index (χ0v) is 20.6. The van der Waals surface area contributed by atoms with E-state index in [9.17, 15) is 4.79 Å². The first-order valence-electron chi connectivity index (χ1n) is 7.87. The molecule has 1 aliphatic carbocycles. The molecule has 3 heteroatoms. The summed E-state index contributed by atoms with van der Waals surface area (Å²) in [5, 5.41) is 8.65. The molecule has 0 aromatic rings. The first kappa shape index (κ1) is 22.1. The van der Waals surface area contributed by atoms with Crippen LogP contribution in [0.15, 0.2) is 58.7 Å². The van der Waals surface area contributed by atoms with Crippen molar-refractivity contribution < 1.29 is 9.90 Å². The van der Waals surface area contributed by atoms with Crippen molar-refractivity contribution in [1.82, 2.24) is 0 Å². The first-order chi connectivity index (χ1) is 10.2. The van der Waals surface area contributed by atoms with Crippen LogP contribution in [0.1, 0.15) is 53.9 Å². The molecule has 0 amide bonds. The van der Waals surface area contributed by atoms with E-state index in [4.69, 9.17) is 5.11 Å². The molecule has 2 radical (unpaired) electrons. The second kappa shape index (κ2) is 10.1. The van der Waals surface area contributed by atoms with E-state index < -0.39 is 5.97 Å². The zero-order chi connectivity index (χ0) is 16.8. The Labute approximate surface area is 160 Å². The predicted molar refractivity (Wildman–Crippen MR) is 102 cm³/mol. The van der Waals surface area contributed by atoms with Gasteiger partial charge in [0.15, 0.2) is 0 Å². The quantitative estimate of drug-likeness (QED) is 0.332. The monoisotopic (exact) mass is 510 g/mol. The Morgan fingerprint density at radius 3 is 2.39 bits per heavy atom. The third kappa shape index (κ3) is 7.95. The van der Waals surface area contributed by atoms with Crippen molar-refractivity contribution >= 4 is 33.3 Å². The molecule has 0 fully saturated rings. The van der Waals surface area contributed by atoms with Gasteiger partial charge in [0.1, 0.15) is 0 Å². The van der Waals surface area contributed by atoms with Gasteiger partial charge in [0, 0.05) is 6.08 Å². The molecule has 0 aromatic carbocycles. The zero-order valence-electron chi connectivity index (χ0n) is 15.1. The summed E-state index contributed by atoms with van der Waals surface area (Å²) < 4.78 is 0. The third-order valence-electron chi connectivity index (χ3n) is 4.12. The van der Waals surface area contributed by atoms with Crippen LogP contribution >= 0.6 is 0 Å². The Bertz CT molecular complexity index is 572. The van der Waals surface area contributed by atoms with E-state index in [-0.39, 0.29) is 32.7 Å². The van der Waals surface area contributed by atoms with Gasteiger partial charge >= 0.3 is 33.3 Å². The van der Waals surface area contributed by atoms with E-state index in [0.29, 0.717) is 0 Å². The summed E-state index contributed by atoms with van der Waals surface area (Å²) in [5.74, 6) is -0.912. The van der Waals surface area contributed by atoms with Crippen molar-refractivity contribution in [2.24, 2.45) is 5.41 Å². The molecule has 0 saturated heterocycles. The van der Waals surface area contributed by atoms with Gasteiger partial charge in [-0.25, -0.2) is 4.79 Å². The number of carboxylic acid groups (broad SMARTS) is 1. The Balaban J connectivity index is 0.00000484. The topological polar surface area (TPSA) is 37.3 Å². The molecule has 0 aromatic heterocycles. The molecule has 0 aliphatic heterocycles. The number of carboxylic acids is 1. The van der Waals surface area contributed by atoms with Gasteiger partial charge in [0.05, 0.1) is 0 Å². The molecular weight excluding hydrogens is 479 g/mol. The van der Waals surface area contributed by atoms with Crippen LogP contribution in [0, 0.1) is 5.41 Å². The molecule has 1 rings (SSSR count). The molecule has 0 heterocycles. The third-order valence-corrected chi connectivity index (χ3v) is 4.12. The number of hydrogen-bond acceptors (Lipinski definition) is 1. The molecule has 0 spiro atoms. The van der Waals surface area contributed by atoms with Gasteiger partial charge in [-0.15, -0.1) is 0 Å². The van der Waals surface area contributed by atoms with Crippen LogP contribution in [0.4, 0.5) is 0 Å². The maximum atomic E-state index is 10.5. The molecule has 0 unspecified atom stereocenters. The average Bonchev–Trinajstić information content (AvgIpc) is 2.36. The number of allylic oxidation sites excluding steroid dienone is 9. The molecule has 0 saturated carbocycles. The van der Waals surface area contributed by atoms with Gasteiger partial charge < -0.3 is 5.11 Å². The van der Waals surface area contributed by atoms with Crippen LogP contribution in [0.25, 0.3) is 0 Å². The van der Waals surface area contributed by atoms with Crippen LogP contribution in [0.2, 0.25) is 0 Å². The van der Waals surface area contributed by atoms with Crippen LogP contribution in [0.3, 0.4) is 0 Å². The van der Waals surface area contributed by atoms with E-state index in [1.165, 1.54) is 36.5 Å². The second-order valence-electron chi connectivity index (χ2n) is 6.76. The van der Waals surface area contributed by atoms with Gasteiger partial charge in [-0.3, -0.25) is 0 Å². The normalized spacial score (nSPS) is 19.3. The Morgan fingerprint density at radius 2 is 1.83 bits per heavy atom. The number of hydrogen-bond donors (Lipinski definition) is 1. The first-order valence-corrected chi connectivity index (χ1v) is 7.87.